The number of nitrogens with one attached hydrogen (secondary N) is 1. The number of anilines is 1. The molecule has 2 aromatic rings. The smallest absolute Gasteiger partial charge is 0.381 e. The first-order chi connectivity index (χ1) is 8.95. The molecule has 0 spiro atoms. The molecule has 0 aliphatic heterocycles. The summed E-state index contributed by atoms with van der Waals surface area (Å²) in [4.78, 5) is 0. The minimum Gasteiger partial charge on any atom is -0.381 e. The number of hydrogen-bond acceptors (Lipinski definition) is 1. The maximum absolute atomic E-state index is 12.4. The zero-order chi connectivity index (χ0) is 13.9. The fraction of sp³-hybridized carbons (Fsp3) is 0.143. The molecule has 0 amide bonds. The third-order valence-corrected chi connectivity index (χ3v) is 2.87. The van der Waals surface area contributed by atoms with E-state index in [1.807, 2.05) is 12.1 Å². The molecule has 0 bridgehead atoms. The van der Waals surface area contributed by atoms with Gasteiger partial charge in [-0.1, -0.05) is 23.7 Å². The van der Waals surface area contributed by atoms with Gasteiger partial charge in [0, 0.05) is 17.3 Å². The first kappa shape index (κ1) is 13.7. The molecular weight excluding hydrogens is 275 g/mol. The highest BCUT2D eigenvalue weighted by Gasteiger charge is 2.29. The summed E-state index contributed by atoms with van der Waals surface area (Å²) in [5.74, 6) is 0. The second-order valence-electron chi connectivity index (χ2n) is 4.06. The lowest BCUT2D eigenvalue weighted by molar-refractivity contribution is -0.137. The van der Waals surface area contributed by atoms with Crippen LogP contribution in [0.2, 0.25) is 5.02 Å². The van der Waals surface area contributed by atoms with E-state index in [9.17, 15) is 13.2 Å². The molecule has 2 aromatic carbocycles. The van der Waals surface area contributed by atoms with Crippen LogP contribution < -0.4 is 5.32 Å². The largest absolute Gasteiger partial charge is 0.416 e. The summed E-state index contributed by atoms with van der Waals surface area (Å²) in [6, 6.07) is 12.2. The van der Waals surface area contributed by atoms with Crippen molar-refractivity contribution >= 4 is 17.3 Å². The maximum Gasteiger partial charge on any atom is 0.416 e. The molecule has 0 heterocycles. The van der Waals surface area contributed by atoms with Crippen molar-refractivity contribution in [1.29, 1.82) is 0 Å². The fourth-order valence-electron chi connectivity index (χ4n) is 1.58. The van der Waals surface area contributed by atoms with Gasteiger partial charge in [0.1, 0.15) is 0 Å². The lowest BCUT2D eigenvalue weighted by Crippen LogP contribution is -2.05. The van der Waals surface area contributed by atoms with Crippen LogP contribution >= 0.6 is 11.6 Å². The Kier molecular flexibility index (Phi) is 4.00. The van der Waals surface area contributed by atoms with Gasteiger partial charge in [-0.15, -0.1) is 0 Å². The molecule has 0 atom stereocenters. The number of hydrogen-bond donors (Lipinski definition) is 1. The maximum atomic E-state index is 12.4. The molecule has 19 heavy (non-hydrogen) atoms. The third kappa shape index (κ3) is 3.89. The molecule has 1 N–H and O–H groups in total. The van der Waals surface area contributed by atoms with E-state index >= 15 is 0 Å². The topological polar surface area (TPSA) is 12.0 Å². The summed E-state index contributed by atoms with van der Waals surface area (Å²) >= 11 is 5.75. The summed E-state index contributed by atoms with van der Waals surface area (Å²) in [5, 5.41) is 3.75. The van der Waals surface area contributed by atoms with Gasteiger partial charge >= 0.3 is 6.18 Å². The Labute approximate surface area is 114 Å². The van der Waals surface area contributed by atoms with Crippen LogP contribution in [0.1, 0.15) is 11.1 Å². The van der Waals surface area contributed by atoms with Crippen LogP contribution in [0.15, 0.2) is 48.5 Å². The Bertz CT molecular complexity index is 532. The van der Waals surface area contributed by atoms with Crippen LogP contribution in [0, 0.1) is 0 Å². The monoisotopic (exact) mass is 285 g/mol. The van der Waals surface area contributed by atoms with Crippen molar-refractivity contribution in [2.75, 3.05) is 5.32 Å². The van der Waals surface area contributed by atoms with Crippen molar-refractivity contribution in [3.05, 3.63) is 64.7 Å². The van der Waals surface area contributed by atoms with E-state index in [0.717, 1.165) is 23.4 Å². The minimum absolute atomic E-state index is 0.458. The van der Waals surface area contributed by atoms with E-state index in [-0.39, 0.29) is 0 Å². The lowest BCUT2D eigenvalue weighted by atomic mass is 10.1. The SMILES string of the molecule is FC(F)(F)c1ccc(CNc2ccc(Cl)cc2)cc1. The molecular formula is C14H11ClF3N. The van der Waals surface area contributed by atoms with E-state index in [4.69, 9.17) is 11.6 Å². The van der Waals surface area contributed by atoms with Crippen LogP contribution in [-0.2, 0) is 12.7 Å². The van der Waals surface area contributed by atoms with E-state index in [1.165, 1.54) is 12.1 Å². The highest BCUT2D eigenvalue weighted by atomic mass is 35.5. The summed E-state index contributed by atoms with van der Waals surface area (Å²) < 4.78 is 37.1. The van der Waals surface area contributed by atoms with Gasteiger partial charge in [0.15, 0.2) is 0 Å². The zero-order valence-electron chi connectivity index (χ0n) is 9.84. The molecule has 1 nitrogen and oxygen atoms in total. The minimum atomic E-state index is -4.29. The van der Waals surface area contributed by atoms with Crippen LogP contribution in [0.25, 0.3) is 0 Å². The quantitative estimate of drug-likeness (QED) is 0.839. The molecule has 100 valence electrons. The molecule has 0 saturated carbocycles. The first-order valence-corrected chi connectivity index (χ1v) is 5.98. The molecule has 0 aliphatic rings. The Hall–Kier alpha value is -1.68. The van der Waals surface area contributed by atoms with Gasteiger partial charge in [-0.3, -0.25) is 0 Å². The molecule has 5 heteroatoms. The summed E-state index contributed by atoms with van der Waals surface area (Å²) in [6.45, 7) is 0.458. The van der Waals surface area contributed by atoms with Gasteiger partial charge in [0.05, 0.1) is 5.56 Å². The second kappa shape index (κ2) is 5.53. The number of benzene rings is 2. The Morgan fingerprint density at radius 3 is 2.00 bits per heavy atom. The van der Waals surface area contributed by atoms with Crippen molar-refractivity contribution < 1.29 is 13.2 Å². The van der Waals surface area contributed by atoms with Crippen molar-refractivity contribution in [1.82, 2.24) is 0 Å². The van der Waals surface area contributed by atoms with E-state index in [1.54, 1.807) is 12.1 Å². The molecule has 0 radical (unpaired) electrons. The van der Waals surface area contributed by atoms with Crippen LogP contribution in [0.3, 0.4) is 0 Å². The van der Waals surface area contributed by atoms with Gasteiger partial charge in [-0.25, -0.2) is 0 Å². The molecule has 0 aromatic heterocycles. The fourth-order valence-corrected chi connectivity index (χ4v) is 1.71. The Morgan fingerprint density at radius 1 is 0.895 bits per heavy atom. The predicted molar refractivity (Wildman–Crippen MR) is 70.2 cm³/mol. The van der Waals surface area contributed by atoms with E-state index in [0.29, 0.717) is 11.6 Å². The summed E-state index contributed by atoms with van der Waals surface area (Å²) in [6.07, 6.45) is -4.29. The highest BCUT2D eigenvalue weighted by Crippen LogP contribution is 2.29. The Balaban J connectivity index is 1.98. The van der Waals surface area contributed by atoms with E-state index in [2.05, 4.69) is 5.32 Å². The molecule has 2 rings (SSSR count). The average Bonchev–Trinajstić information content (AvgIpc) is 2.37. The van der Waals surface area contributed by atoms with Crippen molar-refractivity contribution in [3.8, 4) is 0 Å². The van der Waals surface area contributed by atoms with Crippen LogP contribution in [0.4, 0.5) is 18.9 Å². The standard InChI is InChI=1S/C14H11ClF3N/c15-12-5-7-13(8-6-12)19-9-10-1-3-11(4-2-10)14(16,17)18/h1-8,19H,9H2. The first-order valence-electron chi connectivity index (χ1n) is 5.61. The lowest BCUT2D eigenvalue weighted by Gasteiger charge is -2.09. The summed E-state index contributed by atoms with van der Waals surface area (Å²) in [7, 11) is 0. The highest BCUT2D eigenvalue weighted by molar-refractivity contribution is 6.30. The summed E-state index contributed by atoms with van der Waals surface area (Å²) in [5.41, 5.74) is 1.01. The molecule has 0 saturated heterocycles. The van der Waals surface area contributed by atoms with Gasteiger partial charge in [-0.2, -0.15) is 13.2 Å². The average molecular weight is 286 g/mol. The van der Waals surface area contributed by atoms with E-state index < -0.39 is 11.7 Å². The van der Waals surface area contributed by atoms with Crippen LogP contribution in [0.5, 0.6) is 0 Å². The third-order valence-electron chi connectivity index (χ3n) is 2.62. The normalized spacial score (nSPS) is 11.4. The second-order valence-corrected chi connectivity index (χ2v) is 4.49. The number of rotatable bonds is 3. The van der Waals surface area contributed by atoms with Crippen molar-refractivity contribution in [2.45, 2.75) is 12.7 Å². The molecule has 0 fully saturated rings. The van der Waals surface area contributed by atoms with Crippen molar-refractivity contribution in [2.24, 2.45) is 0 Å². The van der Waals surface area contributed by atoms with Gasteiger partial charge in [0.25, 0.3) is 0 Å². The van der Waals surface area contributed by atoms with Gasteiger partial charge < -0.3 is 5.32 Å². The van der Waals surface area contributed by atoms with Crippen molar-refractivity contribution in [3.63, 3.8) is 0 Å². The van der Waals surface area contributed by atoms with Gasteiger partial charge in [-0.05, 0) is 42.0 Å². The molecule has 0 aliphatic carbocycles. The van der Waals surface area contributed by atoms with Gasteiger partial charge in [0.2, 0.25) is 0 Å². The number of alkyl halides is 3. The number of halogens is 4. The van der Waals surface area contributed by atoms with Crippen LogP contribution in [-0.4, -0.2) is 0 Å². The Morgan fingerprint density at radius 2 is 1.47 bits per heavy atom. The molecule has 0 unspecified atom stereocenters. The zero-order valence-corrected chi connectivity index (χ0v) is 10.6. The predicted octanol–water partition coefficient (Wildman–Crippen LogP) is 4.97.